The molecule has 0 radical (unpaired) electrons. The minimum Gasteiger partial charge on any atom is -0.294 e. The Morgan fingerprint density at radius 2 is 1.69 bits per heavy atom. The van der Waals surface area contributed by atoms with Crippen molar-refractivity contribution in [1.82, 2.24) is 0 Å². The average Bonchev–Trinajstić information content (AvgIpc) is 2.39. The lowest BCUT2D eigenvalue weighted by atomic mass is 10.0. The maximum absolute atomic E-state index is 11.5. The zero-order valence-corrected chi connectivity index (χ0v) is 9.47. The van der Waals surface area contributed by atoms with Crippen LogP contribution in [0.15, 0.2) is 30.3 Å². The van der Waals surface area contributed by atoms with Crippen LogP contribution >= 0.6 is 0 Å². The molecule has 0 N–H and O–H groups in total. The van der Waals surface area contributed by atoms with E-state index < -0.39 is 5.92 Å². The van der Waals surface area contributed by atoms with Gasteiger partial charge >= 0.3 is 0 Å². The fourth-order valence-corrected chi connectivity index (χ4v) is 1.05. The summed E-state index contributed by atoms with van der Waals surface area (Å²) in [7, 11) is 0. The van der Waals surface area contributed by atoms with Crippen molar-refractivity contribution in [1.29, 1.82) is 10.5 Å². The van der Waals surface area contributed by atoms with E-state index >= 15 is 0 Å². The van der Waals surface area contributed by atoms with Gasteiger partial charge < -0.3 is 0 Å². The molecule has 0 unspecified atom stereocenters. The monoisotopic (exact) mass is 214 g/mol. The van der Waals surface area contributed by atoms with Gasteiger partial charge in [0.15, 0.2) is 5.78 Å². The Kier molecular flexibility index (Phi) is 7.11. The van der Waals surface area contributed by atoms with E-state index in [1.807, 2.05) is 19.9 Å². The molecular weight excluding hydrogens is 200 g/mol. The zero-order chi connectivity index (χ0) is 12.4. The van der Waals surface area contributed by atoms with Gasteiger partial charge in [-0.05, 0) is 0 Å². The first-order valence-corrected chi connectivity index (χ1v) is 5.15. The van der Waals surface area contributed by atoms with Crippen molar-refractivity contribution in [3.63, 3.8) is 0 Å². The minimum atomic E-state index is -0.845. The van der Waals surface area contributed by atoms with Crippen LogP contribution in [0.1, 0.15) is 30.6 Å². The van der Waals surface area contributed by atoms with Gasteiger partial charge in [0.1, 0.15) is 5.92 Å². The van der Waals surface area contributed by atoms with Crippen LogP contribution in [0.4, 0.5) is 0 Å². The number of nitrogens with zero attached hydrogens (tertiary/aromatic N) is 2. The first-order valence-electron chi connectivity index (χ1n) is 5.15. The molecule has 0 aliphatic carbocycles. The lowest BCUT2D eigenvalue weighted by Gasteiger charge is -1.99. The first-order chi connectivity index (χ1) is 7.77. The molecule has 0 amide bonds. The molecule has 1 aromatic carbocycles. The second-order valence-electron chi connectivity index (χ2n) is 2.80. The van der Waals surface area contributed by atoms with Gasteiger partial charge in [-0.2, -0.15) is 10.5 Å². The summed E-state index contributed by atoms with van der Waals surface area (Å²) in [6.07, 6.45) is -0.0307. The quantitative estimate of drug-likeness (QED) is 0.726. The highest BCUT2D eigenvalue weighted by molar-refractivity contribution is 5.96. The summed E-state index contributed by atoms with van der Waals surface area (Å²) in [5.74, 6) is -1.01. The van der Waals surface area contributed by atoms with E-state index in [-0.39, 0.29) is 12.2 Å². The van der Waals surface area contributed by atoms with Crippen LogP contribution in [-0.2, 0) is 0 Å². The number of hydrogen-bond acceptors (Lipinski definition) is 3. The molecule has 0 spiro atoms. The largest absolute Gasteiger partial charge is 0.294 e. The highest BCUT2D eigenvalue weighted by atomic mass is 16.1. The lowest BCUT2D eigenvalue weighted by Crippen LogP contribution is -2.05. The highest BCUT2D eigenvalue weighted by Crippen LogP contribution is 2.08. The van der Waals surface area contributed by atoms with E-state index in [2.05, 4.69) is 0 Å². The number of carbonyl (C=O) groups excluding carboxylic acids is 1. The molecule has 16 heavy (non-hydrogen) atoms. The third-order valence-corrected chi connectivity index (χ3v) is 1.80. The number of benzene rings is 1. The van der Waals surface area contributed by atoms with Gasteiger partial charge in [-0.3, -0.25) is 4.79 Å². The number of ketones is 1. The summed E-state index contributed by atoms with van der Waals surface area (Å²) in [5, 5.41) is 17.0. The topological polar surface area (TPSA) is 64.7 Å². The van der Waals surface area contributed by atoms with E-state index in [4.69, 9.17) is 10.5 Å². The molecular formula is C13H14N2O. The first kappa shape index (κ1) is 13.9. The molecule has 0 bridgehead atoms. The van der Waals surface area contributed by atoms with Crippen LogP contribution in [0.5, 0.6) is 0 Å². The van der Waals surface area contributed by atoms with Gasteiger partial charge in [-0.15, -0.1) is 0 Å². The zero-order valence-electron chi connectivity index (χ0n) is 9.47. The molecule has 1 rings (SSSR count). The Hall–Kier alpha value is -2.13. The number of hydrogen-bond donors (Lipinski definition) is 0. The minimum absolute atomic E-state index is 0.0307. The van der Waals surface area contributed by atoms with Crippen molar-refractivity contribution in [3.8, 4) is 12.1 Å². The van der Waals surface area contributed by atoms with E-state index in [0.717, 1.165) is 0 Å². The molecule has 0 aliphatic heterocycles. The van der Waals surface area contributed by atoms with Crippen molar-refractivity contribution in [2.75, 3.05) is 0 Å². The maximum atomic E-state index is 11.5. The Morgan fingerprint density at radius 3 is 2.12 bits per heavy atom. The third kappa shape index (κ3) is 4.39. The molecule has 0 fully saturated rings. The van der Waals surface area contributed by atoms with Gasteiger partial charge in [0, 0.05) is 12.0 Å². The predicted molar refractivity (Wildman–Crippen MR) is 61.5 cm³/mol. The number of rotatable bonds is 3. The Bertz CT molecular complexity index is 384. The Labute approximate surface area is 95.9 Å². The van der Waals surface area contributed by atoms with Crippen LogP contribution in [0.25, 0.3) is 0 Å². The van der Waals surface area contributed by atoms with Gasteiger partial charge in [0.2, 0.25) is 0 Å². The molecule has 1 aromatic rings. The number of carbonyl (C=O) groups is 1. The summed E-state index contributed by atoms with van der Waals surface area (Å²) in [5.41, 5.74) is 0.544. The van der Waals surface area contributed by atoms with Crippen molar-refractivity contribution in [2.45, 2.75) is 20.3 Å². The molecule has 0 saturated heterocycles. The molecule has 0 aromatic heterocycles. The summed E-state index contributed by atoms with van der Waals surface area (Å²) >= 11 is 0. The van der Waals surface area contributed by atoms with Crippen molar-refractivity contribution in [3.05, 3.63) is 35.9 Å². The second kappa shape index (κ2) is 8.20. The Morgan fingerprint density at radius 1 is 1.19 bits per heavy atom. The SMILES string of the molecule is CC.N#CC(C#N)CC(=O)c1ccccc1. The molecule has 0 saturated carbocycles. The van der Waals surface area contributed by atoms with E-state index in [1.165, 1.54) is 0 Å². The second-order valence-corrected chi connectivity index (χ2v) is 2.80. The lowest BCUT2D eigenvalue weighted by molar-refractivity contribution is 0.0976. The van der Waals surface area contributed by atoms with Crippen molar-refractivity contribution in [2.24, 2.45) is 5.92 Å². The fourth-order valence-electron chi connectivity index (χ4n) is 1.05. The molecule has 82 valence electrons. The fraction of sp³-hybridized carbons (Fsp3) is 0.308. The van der Waals surface area contributed by atoms with E-state index in [0.29, 0.717) is 5.56 Å². The Balaban J connectivity index is 0.00000106. The third-order valence-electron chi connectivity index (χ3n) is 1.80. The van der Waals surface area contributed by atoms with Gasteiger partial charge in [-0.25, -0.2) is 0 Å². The number of Topliss-reactive ketones (excluding diaryl/α,β-unsaturated/α-hetero) is 1. The summed E-state index contributed by atoms with van der Waals surface area (Å²) in [6.45, 7) is 4.00. The standard InChI is InChI=1S/C11H8N2O.C2H6/c12-7-9(8-13)6-11(14)10-4-2-1-3-5-10;1-2/h1-5,9H,6H2;1-2H3. The maximum Gasteiger partial charge on any atom is 0.165 e. The summed E-state index contributed by atoms with van der Waals surface area (Å²) < 4.78 is 0. The van der Waals surface area contributed by atoms with Crippen LogP contribution in [0, 0.1) is 28.6 Å². The van der Waals surface area contributed by atoms with Gasteiger partial charge in [0.25, 0.3) is 0 Å². The molecule has 0 aliphatic rings. The molecule has 0 heterocycles. The normalized spacial score (nSPS) is 8.31. The van der Waals surface area contributed by atoms with Gasteiger partial charge in [0.05, 0.1) is 12.1 Å². The molecule has 3 nitrogen and oxygen atoms in total. The van der Waals surface area contributed by atoms with Crippen LogP contribution < -0.4 is 0 Å². The number of nitriles is 2. The van der Waals surface area contributed by atoms with Crippen molar-refractivity contribution >= 4 is 5.78 Å². The molecule has 3 heteroatoms. The van der Waals surface area contributed by atoms with Crippen LogP contribution in [0.2, 0.25) is 0 Å². The van der Waals surface area contributed by atoms with E-state index in [1.54, 1.807) is 36.4 Å². The summed E-state index contributed by atoms with van der Waals surface area (Å²) in [6, 6.07) is 12.2. The average molecular weight is 214 g/mol. The van der Waals surface area contributed by atoms with E-state index in [9.17, 15) is 4.79 Å². The van der Waals surface area contributed by atoms with Crippen LogP contribution in [0.3, 0.4) is 0 Å². The predicted octanol–water partition coefficient (Wildman–Crippen LogP) is 2.95. The van der Waals surface area contributed by atoms with Crippen LogP contribution in [-0.4, -0.2) is 5.78 Å². The van der Waals surface area contributed by atoms with Gasteiger partial charge in [-0.1, -0.05) is 44.2 Å². The summed E-state index contributed by atoms with van der Waals surface area (Å²) in [4.78, 5) is 11.5. The highest BCUT2D eigenvalue weighted by Gasteiger charge is 2.13. The van der Waals surface area contributed by atoms with Crippen molar-refractivity contribution < 1.29 is 4.79 Å². The molecule has 0 atom stereocenters. The smallest absolute Gasteiger partial charge is 0.165 e.